The Hall–Kier alpha value is -2.33. The summed E-state index contributed by atoms with van der Waals surface area (Å²) in [6.07, 6.45) is 72.1. The highest BCUT2D eigenvalue weighted by molar-refractivity contribution is 7.81. The minimum absolute atomic E-state index is 0.691. The normalized spacial score (nSPS) is 11.6. The summed E-state index contributed by atoms with van der Waals surface area (Å²) in [5.41, 5.74) is 3.50. The van der Waals surface area contributed by atoms with Crippen LogP contribution in [0.5, 0.6) is 17.2 Å². The van der Waals surface area contributed by atoms with Gasteiger partial charge in [-0.1, -0.05) is 366 Å². The van der Waals surface area contributed by atoms with E-state index in [2.05, 4.69) is 76.2 Å². The Bertz CT molecular complexity index is 1500. The molecule has 0 aliphatic heterocycles. The minimum atomic E-state index is 0.691. The molecule has 0 aromatic heterocycles. The van der Waals surface area contributed by atoms with Crippen LogP contribution < -0.4 is 14.2 Å². The largest absolute Gasteiger partial charge is 0.490 e. The molecule has 0 heterocycles. The average Bonchev–Trinajstić information content (AvgIpc) is 3.43. The van der Waals surface area contributed by atoms with Crippen molar-refractivity contribution in [1.82, 2.24) is 0 Å². The van der Waals surface area contributed by atoms with Crippen molar-refractivity contribution in [3.05, 3.63) is 59.2 Å². The Kier molecular flexibility index (Phi) is 50.1. The fraction of sp³-hybridized carbons (Fsp3) is 0.792. The summed E-state index contributed by atoms with van der Waals surface area (Å²) in [6.45, 7) is 11.2. The summed E-state index contributed by atoms with van der Waals surface area (Å²) in [5.74, 6) is 2.42. The van der Waals surface area contributed by atoms with Gasteiger partial charge in [-0.25, -0.2) is 0 Å². The zero-order chi connectivity index (χ0) is 54.3. The van der Waals surface area contributed by atoms with E-state index in [9.17, 15) is 0 Å². The van der Waals surface area contributed by atoms with Gasteiger partial charge in [0.25, 0.3) is 0 Å². The van der Waals surface area contributed by atoms with E-state index in [1.54, 1.807) is 0 Å². The third-order valence-corrected chi connectivity index (χ3v) is 16.4. The number of thiocarbonyl (C=S) groups is 1. The molecule has 0 unspecified atom stereocenters. The number of hydrogen-bond donors (Lipinski definition) is 0. The molecule has 3 nitrogen and oxygen atoms in total. The number of benzene rings is 2. The van der Waals surface area contributed by atoms with Gasteiger partial charge in [-0.2, -0.15) is 0 Å². The van der Waals surface area contributed by atoms with Crippen molar-refractivity contribution >= 4 is 23.2 Å². The second kappa shape index (κ2) is 54.6. The zero-order valence-corrected chi connectivity index (χ0v) is 52.0. The molecule has 0 aliphatic carbocycles. The molecule has 2 aromatic rings. The summed E-state index contributed by atoms with van der Waals surface area (Å²) in [6, 6.07) is 13.1. The van der Waals surface area contributed by atoms with E-state index in [0.29, 0.717) is 19.8 Å². The zero-order valence-electron chi connectivity index (χ0n) is 51.2. The number of rotatable bonds is 59. The van der Waals surface area contributed by atoms with E-state index in [-0.39, 0.29) is 0 Å². The first kappa shape index (κ1) is 69.8. The topological polar surface area (TPSA) is 27.7 Å². The highest BCUT2D eigenvalue weighted by Gasteiger charge is 2.16. The fourth-order valence-electron chi connectivity index (χ4n) is 10.9. The first-order chi connectivity index (χ1) is 37.6. The first-order valence-corrected chi connectivity index (χ1v) is 34.4. The Morgan fingerprint density at radius 3 is 0.868 bits per heavy atom. The van der Waals surface area contributed by atoms with Gasteiger partial charge in [0.05, 0.1) is 19.8 Å². The summed E-state index contributed by atoms with van der Waals surface area (Å²) in [5, 5.41) is 0. The molecule has 2 aromatic carbocycles. The molecule has 0 amide bonds. The molecule has 0 fully saturated rings. The predicted octanol–water partition coefficient (Wildman–Crippen LogP) is 25.0. The second-order valence-electron chi connectivity index (χ2n) is 23.4. The van der Waals surface area contributed by atoms with Crippen molar-refractivity contribution in [2.75, 3.05) is 19.8 Å². The van der Waals surface area contributed by atoms with Gasteiger partial charge in [0.2, 0.25) is 5.75 Å². The fourth-order valence-corrected chi connectivity index (χ4v) is 11.1. The van der Waals surface area contributed by atoms with Crippen molar-refractivity contribution in [2.45, 2.75) is 349 Å². The summed E-state index contributed by atoms with van der Waals surface area (Å²) in [4.78, 5) is 0.846. The van der Waals surface area contributed by atoms with Crippen molar-refractivity contribution < 1.29 is 14.2 Å². The van der Waals surface area contributed by atoms with Crippen LogP contribution >= 0.6 is 12.2 Å². The van der Waals surface area contributed by atoms with Gasteiger partial charge < -0.3 is 14.2 Å². The molecule has 2 rings (SSSR count). The maximum Gasteiger partial charge on any atom is 0.203 e. The molecule has 4 heteroatoms. The standard InChI is InChI=1S/C72H126O3S/c1-5-9-12-15-18-21-24-27-30-33-36-39-42-45-48-51-61-73-69-64-67(57-60-71(76)68-58-55-66(54-8-4)56-59-68)65-70(74-62-52-49-46-43-40-37-34-31-28-25-22-19-16-13-10-6-2)72(69)75-63-53-50-47-44-41-38-35-32-29-26-23-20-17-14-11-7-3/h55-60,64-65H,5-54,61-63H2,1-4H3. The number of allylic oxidation sites excluding steroid dienone is 1. The maximum absolute atomic E-state index is 6.74. The van der Waals surface area contributed by atoms with Gasteiger partial charge in [0, 0.05) is 4.86 Å². The van der Waals surface area contributed by atoms with Gasteiger partial charge >= 0.3 is 0 Å². The quantitative estimate of drug-likeness (QED) is 0.0286. The molecule has 0 N–H and O–H groups in total. The average molecular weight is 1070 g/mol. The van der Waals surface area contributed by atoms with Crippen molar-refractivity contribution in [1.29, 1.82) is 0 Å². The minimum Gasteiger partial charge on any atom is -0.490 e. The second-order valence-corrected chi connectivity index (χ2v) is 23.9. The SMILES string of the molecule is CCCCCCCCCCCCCCCCCCOc1cc(C=CC(=S)c2ccc(CCC)cc2)cc(OCCCCCCCCCCCCCCCCCC)c1OCCCCCCCCCCCCCCCCCC. The smallest absolute Gasteiger partial charge is 0.203 e. The Labute approximate surface area is 479 Å². The van der Waals surface area contributed by atoms with Crippen LogP contribution in [0.1, 0.15) is 359 Å². The molecule has 0 bridgehead atoms. The van der Waals surface area contributed by atoms with Crippen LogP contribution in [-0.4, -0.2) is 24.7 Å². The van der Waals surface area contributed by atoms with E-state index in [4.69, 9.17) is 26.4 Å². The predicted molar refractivity (Wildman–Crippen MR) is 343 cm³/mol. The van der Waals surface area contributed by atoms with Crippen LogP contribution in [0.25, 0.3) is 6.08 Å². The van der Waals surface area contributed by atoms with Gasteiger partial charge in [-0.3, -0.25) is 0 Å². The molecular weight excluding hydrogens is 945 g/mol. The molecule has 0 saturated carbocycles. The van der Waals surface area contributed by atoms with Gasteiger partial charge in [-0.05, 0) is 60.6 Å². The molecule has 76 heavy (non-hydrogen) atoms. The van der Waals surface area contributed by atoms with E-state index < -0.39 is 0 Å². The Balaban J connectivity index is 1.96. The van der Waals surface area contributed by atoms with Crippen molar-refractivity contribution in [2.24, 2.45) is 0 Å². The van der Waals surface area contributed by atoms with Crippen LogP contribution in [0.15, 0.2) is 42.5 Å². The summed E-state index contributed by atoms with van der Waals surface area (Å²) < 4.78 is 20.2. The first-order valence-electron chi connectivity index (χ1n) is 34.0. The lowest BCUT2D eigenvalue weighted by molar-refractivity contribution is 0.234. The lowest BCUT2D eigenvalue weighted by Crippen LogP contribution is -2.07. The Morgan fingerprint density at radius 2 is 0.592 bits per heavy atom. The maximum atomic E-state index is 6.74. The third-order valence-electron chi connectivity index (χ3n) is 16.0. The van der Waals surface area contributed by atoms with Crippen LogP contribution in [-0.2, 0) is 6.42 Å². The molecule has 0 radical (unpaired) electrons. The Morgan fingerprint density at radius 1 is 0.329 bits per heavy atom. The van der Waals surface area contributed by atoms with E-state index in [1.165, 1.54) is 295 Å². The summed E-state index contributed by atoms with van der Waals surface area (Å²) >= 11 is 5.96. The molecule has 0 spiro atoms. The highest BCUT2D eigenvalue weighted by atomic mass is 32.1. The molecule has 0 atom stereocenters. The monoisotopic (exact) mass is 1070 g/mol. The summed E-state index contributed by atoms with van der Waals surface area (Å²) in [7, 11) is 0. The van der Waals surface area contributed by atoms with E-state index in [1.807, 2.05) is 0 Å². The van der Waals surface area contributed by atoms with Crippen LogP contribution in [0.2, 0.25) is 0 Å². The van der Waals surface area contributed by atoms with Gasteiger partial charge in [0.1, 0.15) is 0 Å². The number of aryl methyl sites for hydroxylation is 1. The molecule has 0 aliphatic rings. The molecular formula is C72H126O3S. The van der Waals surface area contributed by atoms with E-state index in [0.717, 1.165) is 65.3 Å². The lowest BCUT2D eigenvalue weighted by Gasteiger charge is -2.18. The van der Waals surface area contributed by atoms with Crippen molar-refractivity contribution in [3.8, 4) is 17.2 Å². The van der Waals surface area contributed by atoms with Crippen LogP contribution in [0.3, 0.4) is 0 Å². The molecule has 0 saturated heterocycles. The lowest BCUT2D eigenvalue weighted by atomic mass is 10.0. The number of unbranched alkanes of at least 4 members (excludes halogenated alkanes) is 45. The highest BCUT2D eigenvalue weighted by Crippen LogP contribution is 2.40. The van der Waals surface area contributed by atoms with Crippen LogP contribution in [0, 0.1) is 0 Å². The van der Waals surface area contributed by atoms with Crippen molar-refractivity contribution in [3.63, 3.8) is 0 Å². The third kappa shape index (κ3) is 41.7. The van der Waals surface area contributed by atoms with E-state index >= 15 is 0 Å². The molecule has 438 valence electrons. The van der Waals surface area contributed by atoms with Gasteiger partial charge in [0.15, 0.2) is 11.5 Å². The number of hydrogen-bond acceptors (Lipinski definition) is 4. The van der Waals surface area contributed by atoms with Gasteiger partial charge in [-0.15, -0.1) is 0 Å². The number of ether oxygens (including phenoxy) is 3. The van der Waals surface area contributed by atoms with Crippen LogP contribution in [0.4, 0.5) is 0 Å².